The van der Waals surface area contributed by atoms with Gasteiger partial charge in [0.15, 0.2) is 0 Å². The zero-order chi connectivity index (χ0) is 18.5. The quantitative estimate of drug-likeness (QED) is 0.814. The molecule has 1 aliphatic heterocycles. The van der Waals surface area contributed by atoms with Gasteiger partial charge in [-0.05, 0) is 36.5 Å². The van der Waals surface area contributed by atoms with Crippen molar-refractivity contribution in [1.29, 1.82) is 0 Å². The minimum Gasteiger partial charge on any atom is -0.496 e. The van der Waals surface area contributed by atoms with Gasteiger partial charge >= 0.3 is 0 Å². The lowest BCUT2D eigenvalue weighted by Crippen LogP contribution is -2.42. The van der Waals surface area contributed by atoms with Crippen LogP contribution in [-0.4, -0.2) is 30.5 Å². The first kappa shape index (κ1) is 21.3. The Morgan fingerprint density at radius 2 is 1.85 bits per heavy atom. The monoisotopic (exact) mass is 388 g/mol. The molecular formula is C22H29ClN2O2. The third kappa shape index (κ3) is 4.82. The summed E-state index contributed by atoms with van der Waals surface area (Å²) in [6.45, 7) is 2.75. The van der Waals surface area contributed by atoms with E-state index >= 15 is 0 Å². The number of rotatable bonds is 6. The van der Waals surface area contributed by atoms with Gasteiger partial charge < -0.3 is 15.4 Å². The van der Waals surface area contributed by atoms with Crippen molar-refractivity contribution in [1.82, 2.24) is 4.90 Å². The predicted molar refractivity (Wildman–Crippen MR) is 111 cm³/mol. The van der Waals surface area contributed by atoms with Crippen LogP contribution in [0.15, 0.2) is 54.6 Å². The van der Waals surface area contributed by atoms with Crippen molar-refractivity contribution in [2.24, 2.45) is 11.7 Å². The molecule has 3 rings (SSSR count). The first-order valence-corrected chi connectivity index (χ1v) is 9.34. The highest BCUT2D eigenvalue weighted by Gasteiger charge is 2.34. The van der Waals surface area contributed by atoms with Crippen LogP contribution in [0.25, 0.3) is 0 Å². The second kappa shape index (κ2) is 9.77. The lowest BCUT2D eigenvalue weighted by atomic mass is 9.93. The molecule has 0 spiro atoms. The Kier molecular flexibility index (Phi) is 7.69. The number of hydrogen-bond donors (Lipinski definition) is 1. The maximum absolute atomic E-state index is 13.1. The molecule has 1 fully saturated rings. The van der Waals surface area contributed by atoms with Crippen molar-refractivity contribution in [3.8, 4) is 5.75 Å². The molecule has 2 aromatic carbocycles. The number of hydrogen-bond acceptors (Lipinski definition) is 3. The third-order valence-electron chi connectivity index (χ3n) is 5.42. The van der Waals surface area contributed by atoms with E-state index in [9.17, 15) is 4.79 Å². The van der Waals surface area contributed by atoms with E-state index in [4.69, 9.17) is 10.5 Å². The van der Waals surface area contributed by atoms with Crippen LogP contribution in [0.4, 0.5) is 0 Å². The normalized spacial score (nSPS) is 18.5. The van der Waals surface area contributed by atoms with E-state index in [1.54, 1.807) is 7.11 Å². The van der Waals surface area contributed by atoms with E-state index in [0.717, 1.165) is 42.7 Å². The fourth-order valence-corrected chi connectivity index (χ4v) is 3.84. The summed E-state index contributed by atoms with van der Waals surface area (Å²) < 4.78 is 5.47. The molecule has 1 aliphatic rings. The van der Waals surface area contributed by atoms with Gasteiger partial charge in [-0.25, -0.2) is 0 Å². The van der Waals surface area contributed by atoms with E-state index in [0.29, 0.717) is 0 Å². The zero-order valence-corrected chi connectivity index (χ0v) is 16.8. The van der Waals surface area contributed by atoms with Crippen molar-refractivity contribution in [2.45, 2.75) is 38.3 Å². The summed E-state index contributed by atoms with van der Waals surface area (Å²) in [5, 5.41) is 0. The van der Waals surface area contributed by atoms with E-state index in [-0.39, 0.29) is 36.3 Å². The summed E-state index contributed by atoms with van der Waals surface area (Å²) >= 11 is 0. The van der Waals surface area contributed by atoms with Crippen LogP contribution in [0.1, 0.15) is 36.9 Å². The Bertz CT molecular complexity index is 738. The smallest absolute Gasteiger partial charge is 0.227 e. The highest BCUT2D eigenvalue weighted by Crippen LogP contribution is 2.29. The first-order chi connectivity index (χ1) is 12.6. The van der Waals surface area contributed by atoms with Gasteiger partial charge in [-0.15, -0.1) is 12.4 Å². The van der Waals surface area contributed by atoms with Crippen molar-refractivity contribution in [3.63, 3.8) is 0 Å². The van der Waals surface area contributed by atoms with Gasteiger partial charge in [0.2, 0.25) is 5.91 Å². The number of nitrogens with zero attached hydrogens (tertiary/aromatic N) is 1. The molecule has 0 saturated carbocycles. The zero-order valence-electron chi connectivity index (χ0n) is 16.0. The van der Waals surface area contributed by atoms with Crippen LogP contribution in [0.3, 0.4) is 0 Å². The Hall–Kier alpha value is -2.04. The molecule has 27 heavy (non-hydrogen) atoms. The molecule has 146 valence electrons. The lowest BCUT2D eigenvalue weighted by molar-refractivity contribution is -0.136. The number of ether oxygens (including phenoxy) is 1. The van der Waals surface area contributed by atoms with Gasteiger partial charge in [-0.3, -0.25) is 4.79 Å². The summed E-state index contributed by atoms with van der Waals surface area (Å²) in [4.78, 5) is 15.2. The van der Waals surface area contributed by atoms with Crippen LogP contribution in [0, 0.1) is 5.92 Å². The number of nitrogens with two attached hydrogens (primary N) is 1. The summed E-state index contributed by atoms with van der Waals surface area (Å²) in [7, 11) is 1.69. The Balaban J connectivity index is 0.00000261. The van der Waals surface area contributed by atoms with Crippen molar-refractivity contribution < 1.29 is 9.53 Å². The van der Waals surface area contributed by atoms with Crippen molar-refractivity contribution in [3.05, 3.63) is 65.7 Å². The van der Waals surface area contributed by atoms with Crippen LogP contribution >= 0.6 is 12.4 Å². The molecule has 0 bridgehead atoms. The Morgan fingerprint density at radius 3 is 2.56 bits per heavy atom. The summed E-state index contributed by atoms with van der Waals surface area (Å²) in [6, 6.07) is 17.9. The maximum Gasteiger partial charge on any atom is 0.227 e. The number of methoxy groups -OCH3 is 1. The number of likely N-dealkylation sites (tertiary alicyclic amines) is 1. The number of carbonyl (C=O) groups excluding carboxylic acids is 1. The average molecular weight is 389 g/mol. The molecule has 2 aromatic rings. The molecular weight excluding hydrogens is 360 g/mol. The van der Waals surface area contributed by atoms with E-state index in [1.807, 2.05) is 60.4 Å². The minimum absolute atomic E-state index is 0. The SMILES string of the molecule is COc1ccccc1CC1CCCN1C(=O)C(C)C(N)c1ccccc1.Cl. The maximum atomic E-state index is 13.1. The van der Waals surface area contributed by atoms with Crippen molar-refractivity contribution >= 4 is 18.3 Å². The van der Waals surface area contributed by atoms with Gasteiger partial charge in [0.05, 0.1) is 13.0 Å². The molecule has 2 N–H and O–H groups in total. The molecule has 0 aliphatic carbocycles. The minimum atomic E-state index is -0.281. The number of carbonyl (C=O) groups is 1. The molecule has 1 heterocycles. The fraction of sp³-hybridized carbons (Fsp3) is 0.409. The van der Waals surface area contributed by atoms with Crippen LogP contribution in [-0.2, 0) is 11.2 Å². The first-order valence-electron chi connectivity index (χ1n) is 9.34. The van der Waals surface area contributed by atoms with E-state index in [1.165, 1.54) is 0 Å². The van der Waals surface area contributed by atoms with Gasteiger partial charge in [-0.2, -0.15) is 0 Å². The number of amides is 1. The molecule has 0 aromatic heterocycles. The van der Waals surface area contributed by atoms with Crippen LogP contribution in [0.2, 0.25) is 0 Å². The molecule has 3 atom stereocenters. The van der Waals surface area contributed by atoms with Gasteiger partial charge in [-0.1, -0.05) is 55.5 Å². The second-order valence-electron chi connectivity index (χ2n) is 7.07. The van der Waals surface area contributed by atoms with Gasteiger partial charge in [0, 0.05) is 18.6 Å². The highest BCUT2D eigenvalue weighted by molar-refractivity contribution is 5.85. The summed E-state index contributed by atoms with van der Waals surface area (Å²) in [5.41, 5.74) is 8.54. The third-order valence-corrected chi connectivity index (χ3v) is 5.42. The average Bonchev–Trinajstić information content (AvgIpc) is 3.15. The predicted octanol–water partition coefficient (Wildman–Crippen LogP) is 3.99. The van der Waals surface area contributed by atoms with Gasteiger partial charge in [0.25, 0.3) is 0 Å². The highest BCUT2D eigenvalue weighted by atomic mass is 35.5. The number of para-hydroxylation sites is 1. The van der Waals surface area contributed by atoms with Crippen LogP contribution in [0.5, 0.6) is 5.75 Å². The largest absolute Gasteiger partial charge is 0.496 e. The molecule has 1 amide bonds. The summed E-state index contributed by atoms with van der Waals surface area (Å²) in [6.07, 6.45) is 2.89. The molecule has 4 nitrogen and oxygen atoms in total. The fourth-order valence-electron chi connectivity index (χ4n) is 3.84. The number of benzene rings is 2. The summed E-state index contributed by atoms with van der Waals surface area (Å²) in [5.74, 6) is 0.801. The number of halogens is 1. The van der Waals surface area contributed by atoms with E-state index < -0.39 is 0 Å². The topological polar surface area (TPSA) is 55.6 Å². The van der Waals surface area contributed by atoms with E-state index in [2.05, 4.69) is 6.07 Å². The lowest BCUT2D eigenvalue weighted by Gasteiger charge is -2.30. The molecule has 3 unspecified atom stereocenters. The molecule has 1 saturated heterocycles. The Morgan fingerprint density at radius 1 is 1.19 bits per heavy atom. The van der Waals surface area contributed by atoms with Crippen molar-refractivity contribution in [2.75, 3.05) is 13.7 Å². The van der Waals surface area contributed by atoms with Gasteiger partial charge in [0.1, 0.15) is 5.75 Å². The molecule has 0 radical (unpaired) electrons. The second-order valence-corrected chi connectivity index (χ2v) is 7.07. The molecule has 5 heteroatoms. The Labute approximate surface area is 168 Å². The standard InChI is InChI=1S/C22H28N2O2.ClH/c1-16(21(23)17-9-4-3-5-10-17)22(25)24-14-8-12-19(24)15-18-11-6-7-13-20(18)26-2;/h3-7,9-11,13,16,19,21H,8,12,14-15,23H2,1-2H3;1H. The van der Waals surface area contributed by atoms with Crippen LogP contribution < -0.4 is 10.5 Å².